The van der Waals surface area contributed by atoms with Crippen LogP contribution in [0.2, 0.25) is 0 Å². The molecule has 2 unspecified atom stereocenters. The molecule has 1 aliphatic rings. The molecule has 0 bridgehead atoms. The summed E-state index contributed by atoms with van der Waals surface area (Å²) in [6.45, 7) is 0.875. The van der Waals surface area contributed by atoms with E-state index in [4.69, 9.17) is 10.8 Å². The van der Waals surface area contributed by atoms with E-state index in [-0.39, 0.29) is 24.2 Å². The van der Waals surface area contributed by atoms with Crippen LogP contribution in [-0.2, 0) is 9.59 Å². The van der Waals surface area contributed by atoms with Gasteiger partial charge in [0.05, 0.1) is 5.75 Å². The average Bonchev–Trinajstić information content (AvgIpc) is 2.79. The van der Waals surface area contributed by atoms with Gasteiger partial charge in [-0.1, -0.05) is 6.42 Å². The van der Waals surface area contributed by atoms with Crippen LogP contribution in [0.3, 0.4) is 0 Å². The Morgan fingerprint density at radius 1 is 1.33 bits per heavy atom. The lowest BCUT2D eigenvalue weighted by Crippen LogP contribution is -2.31. The number of amides is 2. The van der Waals surface area contributed by atoms with Crippen molar-refractivity contribution in [3.63, 3.8) is 0 Å². The maximum Gasteiger partial charge on any atom is 0.227 e. The predicted octanol–water partition coefficient (Wildman–Crippen LogP) is 0.120. The van der Waals surface area contributed by atoms with Crippen LogP contribution in [0.4, 0.5) is 0 Å². The molecule has 5 nitrogen and oxygen atoms in total. The molecule has 0 aromatic heterocycles. The zero-order valence-corrected chi connectivity index (χ0v) is 11.4. The number of carbonyl (C=O) groups is 2. The Kier molecular flexibility index (Phi) is 7.12. The van der Waals surface area contributed by atoms with Crippen LogP contribution in [0.5, 0.6) is 0 Å². The molecular formula is C12H22N2O3S. The number of nitrogens with two attached hydrogens (primary N) is 1. The van der Waals surface area contributed by atoms with E-state index in [0.717, 1.165) is 19.3 Å². The highest BCUT2D eigenvalue weighted by Crippen LogP contribution is 2.30. The number of hydrogen-bond acceptors (Lipinski definition) is 4. The Morgan fingerprint density at radius 2 is 2.06 bits per heavy atom. The molecule has 2 atom stereocenters. The molecule has 1 saturated carbocycles. The van der Waals surface area contributed by atoms with Crippen LogP contribution in [-0.4, -0.2) is 41.6 Å². The van der Waals surface area contributed by atoms with Crippen LogP contribution in [0.1, 0.15) is 25.7 Å². The number of primary amides is 1. The summed E-state index contributed by atoms with van der Waals surface area (Å²) in [4.78, 5) is 22.0. The van der Waals surface area contributed by atoms with Gasteiger partial charge < -0.3 is 16.2 Å². The van der Waals surface area contributed by atoms with E-state index in [1.54, 1.807) is 0 Å². The van der Waals surface area contributed by atoms with Crippen LogP contribution in [0.15, 0.2) is 0 Å². The summed E-state index contributed by atoms with van der Waals surface area (Å²) in [5, 5.41) is 12.1. The van der Waals surface area contributed by atoms with Gasteiger partial charge in [-0.2, -0.15) is 11.8 Å². The topological polar surface area (TPSA) is 92.4 Å². The fourth-order valence-electron chi connectivity index (χ4n) is 2.29. The van der Waals surface area contributed by atoms with E-state index < -0.39 is 0 Å². The molecule has 0 radical (unpaired) electrons. The van der Waals surface area contributed by atoms with Gasteiger partial charge in [0.2, 0.25) is 11.8 Å². The molecule has 0 heterocycles. The van der Waals surface area contributed by atoms with E-state index in [1.807, 2.05) is 0 Å². The Labute approximate surface area is 112 Å². The van der Waals surface area contributed by atoms with Gasteiger partial charge >= 0.3 is 0 Å². The van der Waals surface area contributed by atoms with Gasteiger partial charge in [0.1, 0.15) is 0 Å². The number of nitrogens with one attached hydrogen (secondary N) is 1. The molecule has 18 heavy (non-hydrogen) atoms. The lowest BCUT2D eigenvalue weighted by atomic mass is 9.97. The number of thioether (sulfide) groups is 1. The third-order valence-electron chi connectivity index (χ3n) is 3.33. The SMILES string of the molecule is NC(=O)CSCCC(=O)NCC1CCCC1CO. The first-order valence-corrected chi connectivity index (χ1v) is 7.52. The molecule has 0 aliphatic heterocycles. The maximum atomic E-state index is 11.5. The standard InChI is InChI=1S/C12H22N2O3S/c13-11(16)8-18-5-4-12(17)14-6-9-2-1-3-10(9)7-15/h9-10,15H,1-8H2,(H2,13,16)(H,14,17). The van der Waals surface area contributed by atoms with Crippen molar-refractivity contribution >= 4 is 23.6 Å². The fraction of sp³-hybridized carbons (Fsp3) is 0.833. The molecular weight excluding hydrogens is 252 g/mol. The van der Waals surface area contributed by atoms with Crippen molar-refractivity contribution < 1.29 is 14.7 Å². The van der Waals surface area contributed by atoms with E-state index in [0.29, 0.717) is 30.6 Å². The zero-order valence-electron chi connectivity index (χ0n) is 10.6. The molecule has 2 amide bonds. The molecule has 0 aromatic carbocycles. The summed E-state index contributed by atoms with van der Waals surface area (Å²) in [5.74, 6) is 1.30. The average molecular weight is 274 g/mol. The maximum absolute atomic E-state index is 11.5. The first-order valence-electron chi connectivity index (χ1n) is 6.37. The lowest BCUT2D eigenvalue weighted by Gasteiger charge is -2.17. The molecule has 1 rings (SSSR count). The Morgan fingerprint density at radius 3 is 2.72 bits per heavy atom. The number of rotatable bonds is 8. The monoisotopic (exact) mass is 274 g/mol. The minimum atomic E-state index is -0.350. The Balaban J connectivity index is 2.07. The summed E-state index contributed by atoms with van der Waals surface area (Å²) in [7, 11) is 0. The van der Waals surface area contributed by atoms with Gasteiger partial charge in [-0.25, -0.2) is 0 Å². The van der Waals surface area contributed by atoms with Gasteiger partial charge in [0.25, 0.3) is 0 Å². The Hall–Kier alpha value is -0.750. The highest BCUT2D eigenvalue weighted by atomic mass is 32.2. The largest absolute Gasteiger partial charge is 0.396 e. The predicted molar refractivity (Wildman–Crippen MR) is 72.1 cm³/mol. The van der Waals surface area contributed by atoms with Crippen molar-refractivity contribution in [1.29, 1.82) is 0 Å². The summed E-state index contributed by atoms with van der Waals surface area (Å²) < 4.78 is 0. The van der Waals surface area contributed by atoms with Crippen molar-refractivity contribution in [2.75, 3.05) is 24.7 Å². The molecule has 104 valence electrons. The molecule has 4 N–H and O–H groups in total. The van der Waals surface area contributed by atoms with Gasteiger partial charge in [0.15, 0.2) is 0 Å². The van der Waals surface area contributed by atoms with Gasteiger partial charge in [-0.3, -0.25) is 9.59 Å². The van der Waals surface area contributed by atoms with E-state index >= 15 is 0 Å². The van der Waals surface area contributed by atoms with Gasteiger partial charge in [-0.15, -0.1) is 0 Å². The summed E-state index contributed by atoms with van der Waals surface area (Å²) in [6.07, 6.45) is 3.70. The van der Waals surface area contributed by atoms with Crippen molar-refractivity contribution in [3.05, 3.63) is 0 Å². The first kappa shape index (κ1) is 15.3. The van der Waals surface area contributed by atoms with Crippen LogP contribution in [0.25, 0.3) is 0 Å². The smallest absolute Gasteiger partial charge is 0.227 e. The number of aliphatic hydroxyl groups is 1. The van der Waals surface area contributed by atoms with Gasteiger partial charge in [-0.05, 0) is 24.7 Å². The second-order valence-electron chi connectivity index (χ2n) is 4.71. The van der Waals surface area contributed by atoms with Crippen LogP contribution >= 0.6 is 11.8 Å². The summed E-state index contributed by atoms with van der Waals surface area (Å²) >= 11 is 1.38. The second-order valence-corrected chi connectivity index (χ2v) is 5.81. The minimum absolute atomic E-state index is 0.00978. The molecule has 6 heteroatoms. The molecule has 0 aromatic rings. The number of aliphatic hydroxyl groups excluding tert-OH is 1. The molecule has 0 spiro atoms. The summed E-state index contributed by atoms with van der Waals surface area (Å²) in [6, 6.07) is 0. The van der Waals surface area contributed by atoms with Crippen LogP contribution < -0.4 is 11.1 Å². The third kappa shape index (κ3) is 5.73. The van der Waals surface area contributed by atoms with Gasteiger partial charge in [0, 0.05) is 25.3 Å². The van der Waals surface area contributed by atoms with Crippen molar-refractivity contribution in [1.82, 2.24) is 5.32 Å². The quantitative estimate of drug-likeness (QED) is 0.548. The lowest BCUT2D eigenvalue weighted by molar-refractivity contribution is -0.121. The zero-order chi connectivity index (χ0) is 13.4. The van der Waals surface area contributed by atoms with Crippen LogP contribution in [0, 0.1) is 11.8 Å². The summed E-state index contributed by atoms with van der Waals surface area (Å²) in [5.41, 5.74) is 5.00. The first-order chi connectivity index (χ1) is 8.63. The third-order valence-corrected chi connectivity index (χ3v) is 4.31. The van der Waals surface area contributed by atoms with E-state index in [9.17, 15) is 9.59 Å². The van der Waals surface area contributed by atoms with E-state index in [2.05, 4.69) is 5.32 Å². The number of hydrogen-bond donors (Lipinski definition) is 3. The highest BCUT2D eigenvalue weighted by molar-refractivity contribution is 7.99. The second kappa shape index (κ2) is 8.37. The Bertz CT molecular complexity index is 286. The fourth-order valence-corrected chi connectivity index (χ4v) is 2.97. The highest BCUT2D eigenvalue weighted by Gasteiger charge is 2.26. The molecule has 1 aliphatic carbocycles. The minimum Gasteiger partial charge on any atom is -0.396 e. The van der Waals surface area contributed by atoms with E-state index in [1.165, 1.54) is 11.8 Å². The normalized spacial score (nSPS) is 22.9. The number of carbonyl (C=O) groups excluding carboxylic acids is 2. The van der Waals surface area contributed by atoms with Crippen molar-refractivity contribution in [2.45, 2.75) is 25.7 Å². The molecule has 0 saturated heterocycles. The van der Waals surface area contributed by atoms with Crippen molar-refractivity contribution in [2.24, 2.45) is 17.6 Å². The van der Waals surface area contributed by atoms with Crippen molar-refractivity contribution in [3.8, 4) is 0 Å². The molecule has 1 fully saturated rings.